The monoisotopic (exact) mass is 448 g/mol. The SMILES string of the molecule is CCC1(CC)C[C@@H](NC(=O)Nc2cccc3c2C[C@H](O)C3)c2ccc(C(F)(F)F)cc2O1. The summed E-state index contributed by atoms with van der Waals surface area (Å²) in [6.07, 6.45) is -2.26. The molecule has 8 heteroatoms. The van der Waals surface area contributed by atoms with E-state index in [0.717, 1.165) is 23.3 Å². The molecule has 0 radical (unpaired) electrons. The first-order valence-corrected chi connectivity index (χ1v) is 10.9. The molecule has 0 fully saturated rings. The molecule has 32 heavy (non-hydrogen) atoms. The molecule has 2 aromatic rings. The molecule has 0 bridgehead atoms. The number of hydrogen-bond acceptors (Lipinski definition) is 3. The number of fused-ring (bicyclic) bond motifs is 2. The Morgan fingerprint density at radius 2 is 1.94 bits per heavy atom. The van der Waals surface area contributed by atoms with E-state index in [0.29, 0.717) is 43.4 Å². The average Bonchev–Trinajstić information content (AvgIpc) is 3.13. The zero-order valence-electron chi connectivity index (χ0n) is 18.1. The van der Waals surface area contributed by atoms with Gasteiger partial charge in [-0.2, -0.15) is 13.2 Å². The van der Waals surface area contributed by atoms with Crippen molar-refractivity contribution < 1.29 is 27.8 Å². The van der Waals surface area contributed by atoms with Gasteiger partial charge >= 0.3 is 12.2 Å². The van der Waals surface area contributed by atoms with Crippen LogP contribution in [0.15, 0.2) is 36.4 Å². The van der Waals surface area contributed by atoms with Gasteiger partial charge in [-0.15, -0.1) is 0 Å². The second kappa shape index (κ2) is 8.31. The average molecular weight is 448 g/mol. The second-order valence-corrected chi connectivity index (χ2v) is 8.60. The predicted octanol–water partition coefficient (Wildman–Crippen LogP) is 5.37. The van der Waals surface area contributed by atoms with Crippen LogP contribution < -0.4 is 15.4 Å². The number of nitrogens with one attached hydrogen (secondary N) is 2. The highest BCUT2D eigenvalue weighted by atomic mass is 19.4. The van der Waals surface area contributed by atoms with Gasteiger partial charge in [-0.1, -0.05) is 32.0 Å². The van der Waals surface area contributed by atoms with Gasteiger partial charge in [0.05, 0.1) is 17.7 Å². The van der Waals surface area contributed by atoms with Crippen LogP contribution in [0.5, 0.6) is 5.75 Å². The Hall–Kier alpha value is -2.74. The number of hydrogen-bond donors (Lipinski definition) is 3. The number of anilines is 1. The van der Waals surface area contributed by atoms with Crippen LogP contribution in [-0.4, -0.2) is 22.8 Å². The molecule has 2 aromatic carbocycles. The fourth-order valence-corrected chi connectivity index (χ4v) is 4.72. The maximum atomic E-state index is 13.2. The Bertz CT molecular complexity index is 1020. The van der Waals surface area contributed by atoms with E-state index < -0.39 is 35.5 Å². The quantitative estimate of drug-likeness (QED) is 0.589. The summed E-state index contributed by atoms with van der Waals surface area (Å²) in [5, 5.41) is 15.7. The second-order valence-electron chi connectivity index (χ2n) is 8.60. The van der Waals surface area contributed by atoms with Gasteiger partial charge < -0.3 is 20.5 Å². The fourth-order valence-electron chi connectivity index (χ4n) is 4.72. The van der Waals surface area contributed by atoms with Crippen molar-refractivity contribution in [3.05, 3.63) is 58.7 Å². The predicted molar refractivity (Wildman–Crippen MR) is 115 cm³/mol. The van der Waals surface area contributed by atoms with Crippen LogP contribution in [0.1, 0.15) is 61.4 Å². The van der Waals surface area contributed by atoms with Crippen molar-refractivity contribution in [3.63, 3.8) is 0 Å². The number of ether oxygens (including phenoxy) is 1. The highest BCUT2D eigenvalue weighted by Crippen LogP contribution is 2.45. The van der Waals surface area contributed by atoms with E-state index in [1.807, 2.05) is 26.0 Å². The molecule has 1 aliphatic heterocycles. The molecule has 5 nitrogen and oxygen atoms in total. The summed E-state index contributed by atoms with van der Waals surface area (Å²) >= 11 is 0. The molecular weight excluding hydrogens is 421 g/mol. The lowest BCUT2D eigenvalue weighted by Crippen LogP contribution is -2.45. The Morgan fingerprint density at radius 1 is 1.19 bits per heavy atom. The maximum absolute atomic E-state index is 13.2. The maximum Gasteiger partial charge on any atom is 0.416 e. The Labute approximate surface area is 185 Å². The lowest BCUT2D eigenvalue weighted by molar-refractivity contribution is -0.137. The lowest BCUT2D eigenvalue weighted by Gasteiger charge is -2.42. The number of carbonyl (C=O) groups excluding carboxylic acids is 1. The molecule has 0 spiro atoms. The van der Waals surface area contributed by atoms with E-state index in [2.05, 4.69) is 10.6 Å². The Morgan fingerprint density at radius 3 is 2.62 bits per heavy atom. The zero-order chi connectivity index (χ0) is 23.1. The largest absolute Gasteiger partial charge is 0.487 e. The zero-order valence-corrected chi connectivity index (χ0v) is 18.1. The molecule has 4 rings (SSSR count). The van der Waals surface area contributed by atoms with Crippen molar-refractivity contribution >= 4 is 11.7 Å². The van der Waals surface area contributed by atoms with Gasteiger partial charge in [0.2, 0.25) is 0 Å². The molecule has 0 saturated carbocycles. The van der Waals surface area contributed by atoms with Crippen LogP contribution in [-0.2, 0) is 19.0 Å². The minimum Gasteiger partial charge on any atom is -0.487 e. The first kappa shape index (κ1) is 22.5. The normalized spacial score (nSPS) is 21.3. The highest BCUT2D eigenvalue weighted by molar-refractivity contribution is 5.91. The van der Waals surface area contributed by atoms with Gasteiger partial charge in [0.1, 0.15) is 11.4 Å². The minimum absolute atomic E-state index is 0.156. The van der Waals surface area contributed by atoms with Gasteiger partial charge in [0, 0.05) is 24.1 Å². The number of alkyl halides is 3. The number of rotatable bonds is 4. The number of carbonyl (C=O) groups is 1. The van der Waals surface area contributed by atoms with Crippen molar-refractivity contribution in [3.8, 4) is 5.75 Å². The van der Waals surface area contributed by atoms with Gasteiger partial charge in [-0.05, 0) is 48.6 Å². The van der Waals surface area contributed by atoms with Crippen molar-refractivity contribution in [2.24, 2.45) is 0 Å². The van der Waals surface area contributed by atoms with Crippen LogP contribution in [0.3, 0.4) is 0 Å². The number of amides is 2. The summed E-state index contributed by atoms with van der Waals surface area (Å²) in [6.45, 7) is 3.86. The number of urea groups is 1. The molecule has 2 atom stereocenters. The molecule has 2 aliphatic rings. The van der Waals surface area contributed by atoms with E-state index in [4.69, 9.17) is 4.74 Å². The lowest BCUT2D eigenvalue weighted by atomic mass is 9.83. The highest BCUT2D eigenvalue weighted by Gasteiger charge is 2.41. The topological polar surface area (TPSA) is 70.6 Å². The van der Waals surface area contributed by atoms with E-state index in [1.165, 1.54) is 6.07 Å². The summed E-state index contributed by atoms with van der Waals surface area (Å²) in [7, 11) is 0. The third-order valence-corrected chi connectivity index (χ3v) is 6.63. The molecule has 1 heterocycles. The third-order valence-electron chi connectivity index (χ3n) is 6.63. The summed E-state index contributed by atoms with van der Waals surface area (Å²) in [5.41, 5.74) is 1.64. The van der Waals surface area contributed by atoms with Gasteiger partial charge in [-0.3, -0.25) is 0 Å². The number of aliphatic hydroxyl groups excluding tert-OH is 1. The third kappa shape index (κ3) is 4.28. The summed E-state index contributed by atoms with van der Waals surface area (Å²) in [6, 6.07) is 8.02. The first-order valence-electron chi connectivity index (χ1n) is 10.9. The van der Waals surface area contributed by atoms with Crippen LogP contribution in [0.2, 0.25) is 0 Å². The van der Waals surface area contributed by atoms with E-state index in [-0.39, 0.29) is 5.75 Å². The van der Waals surface area contributed by atoms with Crippen LogP contribution in [0.4, 0.5) is 23.7 Å². The van der Waals surface area contributed by atoms with Crippen molar-refractivity contribution in [2.45, 2.75) is 69.9 Å². The first-order chi connectivity index (χ1) is 15.1. The number of halogens is 3. The summed E-state index contributed by atoms with van der Waals surface area (Å²) in [4.78, 5) is 12.9. The molecular formula is C24H27F3N2O3. The smallest absolute Gasteiger partial charge is 0.416 e. The molecule has 1 aliphatic carbocycles. The van der Waals surface area contributed by atoms with Crippen LogP contribution in [0, 0.1) is 0 Å². The van der Waals surface area contributed by atoms with E-state index >= 15 is 0 Å². The molecule has 0 aromatic heterocycles. The van der Waals surface area contributed by atoms with E-state index in [1.54, 1.807) is 6.07 Å². The molecule has 172 valence electrons. The van der Waals surface area contributed by atoms with Crippen molar-refractivity contribution in [1.82, 2.24) is 5.32 Å². The Balaban J connectivity index is 1.59. The minimum atomic E-state index is -4.48. The van der Waals surface area contributed by atoms with Crippen molar-refractivity contribution in [2.75, 3.05) is 5.32 Å². The molecule has 0 saturated heterocycles. The number of benzene rings is 2. The summed E-state index contributed by atoms with van der Waals surface area (Å²) in [5.74, 6) is 0.156. The fraction of sp³-hybridized carbons (Fsp3) is 0.458. The van der Waals surface area contributed by atoms with Gasteiger partial charge in [0.15, 0.2) is 0 Å². The van der Waals surface area contributed by atoms with Gasteiger partial charge in [-0.25, -0.2) is 4.79 Å². The standard InChI is InChI=1S/C24H27F3N2O3/c1-3-23(4-2)13-20(17-9-8-15(24(25,26)27)11-21(17)32-23)29-22(31)28-19-7-5-6-14-10-16(30)12-18(14)19/h5-9,11,16,20,30H,3-4,10,12-13H2,1-2H3,(H2,28,29,31)/t16-,20-/m1/s1. The number of aliphatic hydroxyl groups is 1. The molecule has 0 unspecified atom stereocenters. The molecule has 3 N–H and O–H groups in total. The van der Waals surface area contributed by atoms with Crippen molar-refractivity contribution in [1.29, 1.82) is 0 Å². The van der Waals surface area contributed by atoms with Crippen LogP contribution in [0.25, 0.3) is 0 Å². The molecule has 2 amide bonds. The van der Waals surface area contributed by atoms with E-state index in [9.17, 15) is 23.1 Å². The van der Waals surface area contributed by atoms with Gasteiger partial charge in [0.25, 0.3) is 0 Å². The Kier molecular flexibility index (Phi) is 5.83. The summed E-state index contributed by atoms with van der Waals surface area (Å²) < 4.78 is 45.8. The van der Waals surface area contributed by atoms with Crippen LogP contribution >= 0.6 is 0 Å².